The number of rotatable bonds is 3. The summed E-state index contributed by atoms with van der Waals surface area (Å²) in [4.78, 5) is 25.9. The average molecular weight is 298 g/mol. The number of ketones is 1. The summed E-state index contributed by atoms with van der Waals surface area (Å²) in [6.45, 7) is 2.11. The van der Waals surface area contributed by atoms with Gasteiger partial charge < -0.3 is 10.6 Å². The van der Waals surface area contributed by atoms with Crippen LogP contribution in [-0.2, 0) is 4.79 Å². The minimum atomic E-state index is -0.423. The first-order valence-electron chi connectivity index (χ1n) is 7.30. The number of hydrogen-bond donors (Lipinski definition) is 1. The summed E-state index contributed by atoms with van der Waals surface area (Å²) in [5.74, 6) is 0.101. The number of nitrogens with zero attached hydrogens (tertiary/aromatic N) is 3. The van der Waals surface area contributed by atoms with Gasteiger partial charge in [0, 0.05) is 13.5 Å². The minimum absolute atomic E-state index is 0.0788. The fourth-order valence-corrected chi connectivity index (χ4v) is 2.92. The summed E-state index contributed by atoms with van der Waals surface area (Å²) in [6, 6.07) is 8.98. The van der Waals surface area contributed by atoms with Crippen molar-refractivity contribution in [2.24, 2.45) is 0 Å². The molecule has 1 aromatic heterocycles. The summed E-state index contributed by atoms with van der Waals surface area (Å²) >= 11 is 0. The number of Topliss-reactive ketones (excluding diaryl/α,β-unsaturated/α-hetero) is 1. The van der Waals surface area contributed by atoms with Gasteiger partial charge in [-0.3, -0.25) is 9.59 Å². The van der Waals surface area contributed by atoms with Crippen LogP contribution in [0.15, 0.2) is 36.5 Å². The number of likely N-dealkylation sites (tertiary alicyclic amines) is 1. The fourth-order valence-electron chi connectivity index (χ4n) is 2.92. The van der Waals surface area contributed by atoms with Crippen LogP contribution in [0.25, 0.3) is 5.69 Å². The molecular weight excluding hydrogens is 280 g/mol. The molecular formula is C16H18N4O2. The van der Waals surface area contributed by atoms with Crippen LogP contribution in [0, 0.1) is 0 Å². The second kappa shape index (κ2) is 5.63. The molecule has 1 aliphatic rings. The molecule has 0 radical (unpaired) electrons. The molecule has 22 heavy (non-hydrogen) atoms. The summed E-state index contributed by atoms with van der Waals surface area (Å²) in [6.07, 6.45) is 3.00. The van der Waals surface area contributed by atoms with Crippen molar-refractivity contribution >= 4 is 17.5 Å². The monoisotopic (exact) mass is 298 g/mol. The number of para-hydroxylation sites is 1. The Bertz CT molecular complexity index is 708. The predicted octanol–water partition coefficient (Wildman–Crippen LogP) is 1.65. The number of carbonyl (C=O) groups is 2. The number of aromatic nitrogens is 2. The van der Waals surface area contributed by atoms with Gasteiger partial charge in [0.05, 0.1) is 23.5 Å². The van der Waals surface area contributed by atoms with Gasteiger partial charge in [0.2, 0.25) is 5.91 Å². The van der Waals surface area contributed by atoms with Gasteiger partial charge in [-0.25, -0.2) is 4.68 Å². The van der Waals surface area contributed by atoms with E-state index in [0.717, 1.165) is 12.1 Å². The van der Waals surface area contributed by atoms with E-state index in [0.29, 0.717) is 24.3 Å². The van der Waals surface area contributed by atoms with Gasteiger partial charge in [0.1, 0.15) is 5.82 Å². The van der Waals surface area contributed by atoms with Crippen LogP contribution in [-0.4, -0.2) is 39.0 Å². The molecule has 1 amide bonds. The lowest BCUT2D eigenvalue weighted by atomic mass is 10.0. The quantitative estimate of drug-likeness (QED) is 0.874. The third-order valence-electron chi connectivity index (χ3n) is 4.03. The zero-order valence-electron chi connectivity index (χ0n) is 12.4. The van der Waals surface area contributed by atoms with E-state index >= 15 is 0 Å². The Morgan fingerprint density at radius 1 is 1.27 bits per heavy atom. The number of hydrogen-bond acceptors (Lipinski definition) is 4. The van der Waals surface area contributed by atoms with Crippen molar-refractivity contribution in [2.75, 3.05) is 12.3 Å². The molecule has 2 heterocycles. The van der Waals surface area contributed by atoms with Crippen molar-refractivity contribution in [3.05, 3.63) is 42.1 Å². The highest BCUT2D eigenvalue weighted by molar-refractivity contribution is 6.05. The molecule has 1 unspecified atom stereocenters. The Hall–Kier alpha value is -2.63. The molecule has 1 fully saturated rings. The van der Waals surface area contributed by atoms with Crippen LogP contribution in [0.2, 0.25) is 0 Å². The smallest absolute Gasteiger partial charge is 0.220 e. The van der Waals surface area contributed by atoms with Gasteiger partial charge in [-0.2, -0.15) is 5.10 Å². The lowest BCUT2D eigenvalue weighted by Crippen LogP contribution is -2.39. The van der Waals surface area contributed by atoms with Crippen LogP contribution < -0.4 is 5.73 Å². The summed E-state index contributed by atoms with van der Waals surface area (Å²) in [5.41, 5.74) is 7.28. The third kappa shape index (κ3) is 2.36. The molecule has 1 saturated heterocycles. The highest BCUT2D eigenvalue weighted by Crippen LogP contribution is 2.25. The van der Waals surface area contributed by atoms with E-state index < -0.39 is 6.04 Å². The maximum absolute atomic E-state index is 12.7. The van der Waals surface area contributed by atoms with E-state index in [1.807, 2.05) is 30.3 Å². The van der Waals surface area contributed by atoms with Crippen molar-refractivity contribution in [1.29, 1.82) is 0 Å². The highest BCUT2D eigenvalue weighted by Gasteiger charge is 2.34. The normalized spacial score (nSPS) is 17.7. The molecule has 0 aliphatic carbocycles. The van der Waals surface area contributed by atoms with Crippen LogP contribution in [0.3, 0.4) is 0 Å². The summed E-state index contributed by atoms with van der Waals surface area (Å²) in [5, 5.41) is 4.22. The van der Waals surface area contributed by atoms with E-state index in [2.05, 4.69) is 5.10 Å². The number of anilines is 1. The molecule has 2 aromatic rings. The molecule has 1 aromatic carbocycles. The van der Waals surface area contributed by atoms with Crippen molar-refractivity contribution in [2.45, 2.75) is 25.8 Å². The van der Waals surface area contributed by atoms with Gasteiger partial charge in [0.25, 0.3) is 0 Å². The molecule has 6 nitrogen and oxygen atoms in total. The van der Waals surface area contributed by atoms with Gasteiger partial charge in [-0.1, -0.05) is 18.2 Å². The molecule has 2 N–H and O–H groups in total. The Morgan fingerprint density at radius 3 is 2.68 bits per heavy atom. The van der Waals surface area contributed by atoms with Crippen LogP contribution >= 0.6 is 0 Å². The Kier molecular flexibility index (Phi) is 3.66. The molecule has 0 spiro atoms. The van der Waals surface area contributed by atoms with E-state index in [-0.39, 0.29) is 11.7 Å². The summed E-state index contributed by atoms with van der Waals surface area (Å²) < 4.78 is 1.54. The maximum Gasteiger partial charge on any atom is 0.220 e. The molecule has 1 atom stereocenters. The average Bonchev–Trinajstić information content (AvgIpc) is 3.14. The first-order chi connectivity index (χ1) is 10.6. The lowest BCUT2D eigenvalue weighted by Gasteiger charge is -2.21. The van der Waals surface area contributed by atoms with Gasteiger partial charge in [0.15, 0.2) is 5.78 Å². The van der Waals surface area contributed by atoms with E-state index in [4.69, 9.17) is 5.73 Å². The molecule has 0 bridgehead atoms. The van der Waals surface area contributed by atoms with E-state index in [1.54, 1.807) is 9.58 Å². The van der Waals surface area contributed by atoms with Crippen LogP contribution in [0.4, 0.5) is 5.82 Å². The number of amides is 1. The van der Waals surface area contributed by atoms with E-state index in [9.17, 15) is 9.59 Å². The van der Waals surface area contributed by atoms with Crippen molar-refractivity contribution in [3.63, 3.8) is 0 Å². The first-order valence-corrected chi connectivity index (χ1v) is 7.30. The fraction of sp³-hybridized carbons (Fsp3) is 0.312. The largest absolute Gasteiger partial charge is 0.383 e. The van der Waals surface area contributed by atoms with Crippen LogP contribution in [0.5, 0.6) is 0 Å². The molecule has 114 valence electrons. The Balaban J connectivity index is 1.91. The van der Waals surface area contributed by atoms with Gasteiger partial charge >= 0.3 is 0 Å². The van der Waals surface area contributed by atoms with Gasteiger partial charge in [-0.15, -0.1) is 0 Å². The van der Waals surface area contributed by atoms with Gasteiger partial charge in [-0.05, 0) is 25.0 Å². The molecule has 3 rings (SSSR count). The van der Waals surface area contributed by atoms with E-state index in [1.165, 1.54) is 13.1 Å². The van der Waals surface area contributed by atoms with Crippen LogP contribution in [0.1, 0.15) is 30.1 Å². The van der Waals surface area contributed by atoms with Crippen molar-refractivity contribution < 1.29 is 9.59 Å². The number of nitrogen functional groups attached to an aromatic ring is 1. The Morgan fingerprint density at radius 2 is 2.00 bits per heavy atom. The summed E-state index contributed by atoms with van der Waals surface area (Å²) in [7, 11) is 0. The molecule has 0 saturated carbocycles. The number of nitrogens with two attached hydrogens (primary N) is 1. The Labute approximate surface area is 128 Å². The lowest BCUT2D eigenvalue weighted by molar-refractivity contribution is -0.128. The topological polar surface area (TPSA) is 81.2 Å². The standard InChI is InChI=1S/C16H18N4O2/c1-11(21)19-9-5-8-14(19)15(22)13-10-18-20(16(13)17)12-6-3-2-4-7-12/h2-4,6-7,10,14H,5,8-9,17H2,1H3. The second-order valence-electron chi connectivity index (χ2n) is 5.43. The predicted molar refractivity (Wildman–Crippen MR) is 82.7 cm³/mol. The second-order valence-corrected chi connectivity index (χ2v) is 5.43. The number of benzene rings is 1. The zero-order chi connectivity index (χ0) is 15.7. The maximum atomic E-state index is 12.7. The van der Waals surface area contributed by atoms with Crippen molar-refractivity contribution in [3.8, 4) is 5.69 Å². The third-order valence-corrected chi connectivity index (χ3v) is 4.03. The van der Waals surface area contributed by atoms with Crippen molar-refractivity contribution in [1.82, 2.24) is 14.7 Å². The highest BCUT2D eigenvalue weighted by atomic mass is 16.2. The SMILES string of the molecule is CC(=O)N1CCCC1C(=O)c1cnn(-c2ccccc2)c1N. The minimum Gasteiger partial charge on any atom is -0.383 e. The number of carbonyl (C=O) groups excluding carboxylic acids is 2. The molecule has 1 aliphatic heterocycles. The first kappa shape index (κ1) is 14.3. The molecule has 6 heteroatoms. The zero-order valence-corrected chi connectivity index (χ0v) is 12.4.